The fraction of sp³-hybridized carbons (Fsp3) is 0.133. The lowest BCUT2D eigenvalue weighted by Gasteiger charge is -2.16. The van der Waals surface area contributed by atoms with Gasteiger partial charge < -0.3 is 10.1 Å². The first-order chi connectivity index (χ1) is 18.5. The molecule has 0 fully saturated rings. The zero-order valence-corrected chi connectivity index (χ0v) is 20.8. The molecule has 8 heteroatoms. The van der Waals surface area contributed by atoms with Crippen molar-refractivity contribution in [1.82, 2.24) is 10.7 Å². The van der Waals surface area contributed by atoms with Crippen molar-refractivity contribution in [1.29, 1.82) is 0 Å². The van der Waals surface area contributed by atoms with Gasteiger partial charge in [-0.15, -0.1) is 0 Å². The highest BCUT2D eigenvalue weighted by Crippen LogP contribution is 2.36. The van der Waals surface area contributed by atoms with Crippen LogP contribution in [0.1, 0.15) is 34.5 Å². The third-order valence-electron chi connectivity index (χ3n) is 6.28. The molecule has 2 N–H and O–H groups in total. The Morgan fingerprint density at radius 3 is 2.42 bits per heavy atom. The number of hydrogen-bond acceptors (Lipinski definition) is 5. The van der Waals surface area contributed by atoms with Crippen LogP contribution in [-0.4, -0.2) is 37.1 Å². The highest BCUT2D eigenvalue weighted by atomic mass is 16.5. The fourth-order valence-corrected chi connectivity index (χ4v) is 4.40. The van der Waals surface area contributed by atoms with Crippen molar-refractivity contribution in [3.05, 3.63) is 108 Å². The van der Waals surface area contributed by atoms with E-state index >= 15 is 0 Å². The van der Waals surface area contributed by atoms with Gasteiger partial charge in [0.25, 0.3) is 17.7 Å². The van der Waals surface area contributed by atoms with Gasteiger partial charge in [-0.3, -0.25) is 19.3 Å². The third-order valence-corrected chi connectivity index (χ3v) is 6.28. The van der Waals surface area contributed by atoms with Gasteiger partial charge in [0.15, 0.2) is 6.61 Å². The molecule has 0 aliphatic carbocycles. The summed E-state index contributed by atoms with van der Waals surface area (Å²) in [6, 6.07) is 27.8. The van der Waals surface area contributed by atoms with E-state index < -0.39 is 5.91 Å². The van der Waals surface area contributed by atoms with Crippen LogP contribution < -0.4 is 20.4 Å². The van der Waals surface area contributed by atoms with E-state index in [-0.39, 0.29) is 31.0 Å². The molecule has 0 radical (unpaired) electrons. The minimum atomic E-state index is -0.407. The van der Waals surface area contributed by atoms with Crippen LogP contribution in [-0.2, 0) is 9.59 Å². The SMILES string of the molecule is C[C@@H](NC(=O)COc1ccc(/C=N\NC(=O)CN2C(=O)c3cccc4cccc2c34)cc1)c1ccccc1. The summed E-state index contributed by atoms with van der Waals surface area (Å²) in [5.74, 6) is -0.287. The molecule has 4 aromatic carbocycles. The van der Waals surface area contributed by atoms with Gasteiger partial charge in [0.1, 0.15) is 12.3 Å². The van der Waals surface area contributed by atoms with Gasteiger partial charge in [0.2, 0.25) is 0 Å². The van der Waals surface area contributed by atoms with Crippen LogP contribution in [0, 0.1) is 0 Å². The van der Waals surface area contributed by atoms with Crippen LogP contribution in [0.15, 0.2) is 96.1 Å². The summed E-state index contributed by atoms with van der Waals surface area (Å²) in [4.78, 5) is 39.0. The van der Waals surface area contributed by atoms with Gasteiger partial charge in [0.05, 0.1) is 17.9 Å². The highest BCUT2D eigenvalue weighted by Gasteiger charge is 2.30. The monoisotopic (exact) mass is 506 g/mol. The van der Waals surface area contributed by atoms with Gasteiger partial charge in [-0.25, -0.2) is 5.43 Å². The average Bonchev–Trinajstić information content (AvgIpc) is 3.21. The first kappa shape index (κ1) is 24.7. The molecule has 1 aliphatic rings. The van der Waals surface area contributed by atoms with E-state index in [2.05, 4.69) is 15.8 Å². The number of benzene rings is 4. The van der Waals surface area contributed by atoms with E-state index in [1.54, 1.807) is 30.3 Å². The largest absolute Gasteiger partial charge is 0.484 e. The number of nitrogens with zero attached hydrogens (tertiary/aromatic N) is 2. The van der Waals surface area contributed by atoms with Crippen molar-refractivity contribution in [3.63, 3.8) is 0 Å². The normalized spacial score (nSPS) is 13.1. The Morgan fingerprint density at radius 2 is 1.66 bits per heavy atom. The molecule has 0 saturated carbocycles. The third kappa shape index (κ3) is 5.39. The Labute approximate surface area is 219 Å². The summed E-state index contributed by atoms with van der Waals surface area (Å²) >= 11 is 0. The molecule has 1 heterocycles. The van der Waals surface area contributed by atoms with Crippen molar-refractivity contribution in [2.75, 3.05) is 18.1 Å². The predicted octanol–water partition coefficient (Wildman–Crippen LogP) is 4.21. The highest BCUT2D eigenvalue weighted by molar-refractivity contribution is 6.26. The predicted molar refractivity (Wildman–Crippen MR) is 146 cm³/mol. The molecule has 0 saturated heterocycles. The number of ether oxygens (including phenoxy) is 1. The number of hydrogen-bond donors (Lipinski definition) is 2. The second-order valence-electron chi connectivity index (χ2n) is 8.92. The molecular formula is C30H26N4O4. The molecule has 0 unspecified atom stereocenters. The molecule has 1 aliphatic heterocycles. The zero-order valence-electron chi connectivity index (χ0n) is 20.8. The maximum Gasteiger partial charge on any atom is 0.260 e. The molecule has 4 aromatic rings. The molecule has 1 atom stereocenters. The minimum absolute atomic E-state index is 0.104. The zero-order chi connectivity index (χ0) is 26.5. The molecule has 0 spiro atoms. The van der Waals surface area contributed by atoms with E-state index in [1.165, 1.54) is 11.1 Å². The Bertz CT molecular complexity index is 1510. The smallest absolute Gasteiger partial charge is 0.260 e. The fourth-order valence-electron chi connectivity index (χ4n) is 4.40. The van der Waals surface area contributed by atoms with Gasteiger partial charge in [0, 0.05) is 10.9 Å². The summed E-state index contributed by atoms with van der Waals surface area (Å²) in [5, 5.41) is 8.74. The second-order valence-corrected chi connectivity index (χ2v) is 8.92. The topological polar surface area (TPSA) is 100 Å². The van der Waals surface area contributed by atoms with E-state index in [1.807, 2.05) is 67.6 Å². The quantitative estimate of drug-likeness (QED) is 0.262. The van der Waals surface area contributed by atoms with Crippen LogP contribution in [0.4, 0.5) is 5.69 Å². The Hall–Kier alpha value is -4.98. The van der Waals surface area contributed by atoms with Crippen molar-refractivity contribution < 1.29 is 19.1 Å². The van der Waals surface area contributed by atoms with Crippen molar-refractivity contribution in [3.8, 4) is 5.75 Å². The number of carbonyl (C=O) groups is 3. The Morgan fingerprint density at radius 1 is 0.921 bits per heavy atom. The summed E-state index contributed by atoms with van der Waals surface area (Å²) in [6.07, 6.45) is 1.50. The second kappa shape index (κ2) is 11.0. The Balaban J connectivity index is 1.09. The van der Waals surface area contributed by atoms with E-state index in [0.717, 1.165) is 27.6 Å². The van der Waals surface area contributed by atoms with Crippen LogP contribution in [0.2, 0.25) is 0 Å². The van der Waals surface area contributed by atoms with E-state index in [0.29, 0.717) is 11.3 Å². The maximum atomic E-state index is 12.8. The van der Waals surface area contributed by atoms with Crippen molar-refractivity contribution in [2.24, 2.45) is 5.10 Å². The number of hydrazone groups is 1. The van der Waals surface area contributed by atoms with Crippen molar-refractivity contribution >= 4 is 40.4 Å². The molecular weight excluding hydrogens is 480 g/mol. The van der Waals surface area contributed by atoms with Gasteiger partial charge >= 0.3 is 0 Å². The summed E-state index contributed by atoms with van der Waals surface area (Å²) < 4.78 is 5.57. The first-order valence-corrected chi connectivity index (χ1v) is 12.2. The number of nitrogens with one attached hydrogen (secondary N) is 2. The van der Waals surface area contributed by atoms with Gasteiger partial charge in [-0.1, -0.05) is 54.6 Å². The van der Waals surface area contributed by atoms with Crippen LogP contribution in [0.3, 0.4) is 0 Å². The average molecular weight is 507 g/mol. The van der Waals surface area contributed by atoms with Crippen molar-refractivity contribution in [2.45, 2.75) is 13.0 Å². The lowest BCUT2D eigenvalue weighted by Crippen LogP contribution is -2.37. The standard InChI is InChI=1S/C30H26N4O4/c1-20(22-7-3-2-4-8-22)32-28(36)19-38-24-15-13-21(14-16-24)17-31-33-27(35)18-34-26-12-6-10-23-9-5-11-25(29(23)26)30(34)37/h2-17,20H,18-19H2,1H3,(H,32,36)(H,33,35)/b31-17-/t20-/m1/s1. The molecule has 5 rings (SSSR count). The molecule has 8 nitrogen and oxygen atoms in total. The summed E-state index contributed by atoms with van der Waals surface area (Å²) in [7, 11) is 0. The maximum absolute atomic E-state index is 12.8. The van der Waals surface area contributed by atoms with Crippen LogP contribution in [0.5, 0.6) is 5.75 Å². The number of rotatable bonds is 9. The molecule has 38 heavy (non-hydrogen) atoms. The van der Waals surface area contributed by atoms with Gasteiger partial charge in [-0.2, -0.15) is 5.10 Å². The van der Waals surface area contributed by atoms with Gasteiger partial charge in [-0.05, 0) is 59.8 Å². The minimum Gasteiger partial charge on any atom is -0.484 e. The summed E-state index contributed by atoms with van der Waals surface area (Å²) in [5.41, 5.74) is 5.55. The first-order valence-electron chi connectivity index (χ1n) is 12.2. The molecule has 0 bridgehead atoms. The number of carbonyl (C=O) groups excluding carboxylic acids is 3. The molecule has 0 aromatic heterocycles. The van der Waals surface area contributed by atoms with E-state index in [9.17, 15) is 14.4 Å². The van der Waals surface area contributed by atoms with Crippen LogP contribution >= 0.6 is 0 Å². The number of amides is 3. The van der Waals surface area contributed by atoms with E-state index in [4.69, 9.17) is 4.74 Å². The molecule has 3 amide bonds. The number of anilines is 1. The lowest BCUT2D eigenvalue weighted by atomic mass is 10.1. The van der Waals surface area contributed by atoms with Crippen LogP contribution in [0.25, 0.3) is 10.8 Å². The molecule has 190 valence electrons. The summed E-state index contributed by atoms with van der Waals surface area (Å²) in [6.45, 7) is 1.68. The lowest BCUT2D eigenvalue weighted by molar-refractivity contribution is -0.123. The Kier molecular flexibility index (Phi) is 7.13.